The van der Waals surface area contributed by atoms with Crippen LogP contribution in [-0.4, -0.2) is 31.6 Å². The fourth-order valence-electron chi connectivity index (χ4n) is 2.51. The zero-order valence-electron chi connectivity index (χ0n) is 16.5. The topological polar surface area (TPSA) is 76.7 Å². The number of hydrogen-bond acceptors (Lipinski definition) is 4. The van der Waals surface area contributed by atoms with Gasteiger partial charge >= 0.3 is 0 Å². The number of anilines is 1. The second-order valence-corrected chi connectivity index (χ2v) is 6.30. The largest absolute Gasteiger partial charge is 0.494 e. The quantitative estimate of drug-likeness (QED) is 0.574. The molecule has 0 spiro atoms. The van der Waals surface area contributed by atoms with Crippen LogP contribution in [0.3, 0.4) is 0 Å². The van der Waals surface area contributed by atoms with Crippen LogP contribution in [-0.2, 0) is 4.79 Å². The van der Waals surface area contributed by atoms with Crippen LogP contribution >= 0.6 is 0 Å². The van der Waals surface area contributed by atoms with Crippen LogP contribution in [0, 0.1) is 0 Å². The summed E-state index contributed by atoms with van der Waals surface area (Å²) in [6.07, 6.45) is 3.32. The van der Waals surface area contributed by atoms with Crippen LogP contribution in [0.5, 0.6) is 11.5 Å². The lowest BCUT2D eigenvalue weighted by atomic mass is 10.2. The number of likely N-dealkylation sites (N-methyl/N-ethyl adjacent to an activating group) is 1. The molecule has 0 saturated heterocycles. The van der Waals surface area contributed by atoms with Gasteiger partial charge in [0, 0.05) is 23.9 Å². The number of nitrogens with one attached hydrogen (secondary N) is 2. The number of benzene rings is 2. The third-order valence-electron chi connectivity index (χ3n) is 3.97. The zero-order valence-corrected chi connectivity index (χ0v) is 16.5. The molecule has 6 nitrogen and oxygen atoms in total. The van der Waals surface area contributed by atoms with Crippen molar-refractivity contribution in [1.82, 2.24) is 5.32 Å². The molecule has 0 atom stereocenters. The van der Waals surface area contributed by atoms with Crippen LogP contribution < -0.4 is 20.1 Å². The molecule has 0 aliphatic rings. The Kier molecular flexibility index (Phi) is 8.85. The van der Waals surface area contributed by atoms with Gasteiger partial charge < -0.3 is 20.1 Å². The molecule has 0 bridgehead atoms. The van der Waals surface area contributed by atoms with Crippen molar-refractivity contribution in [3.63, 3.8) is 0 Å². The zero-order chi connectivity index (χ0) is 20.2. The molecule has 150 valence electrons. The van der Waals surface area contributed by atoms with Crippen molar-refractivity contribution in [3.05, 3.63) is 54.1 Å². The van der Waals surface area contributed by atoms with Crippen molar-refractivity contribution < 1.29 is 19.1 Å². The molecule has 28 heavy (non-hydrogen) atoms. The Hall–Kier alpha value is -3.02. The van der Waals surface area contributed by atoms with E-state index in [-0.39, 0.29) is 18.4 Å². The maximum atomic E-state index is 12.4. The summed E-state index contributed by atoms with van der Waals surface area (Å²) < 4.78 is 11.1. The molecule has 0 saturated carbocycles. The van der Waals surface area contributed by atoms with E-state index in [0.717, 1.165) is 25.0 Å². The fraction of sp³-hybridized carbons (Fsp3) is 0.364. The predicted molar refractivity (Wildman–Crippen MR) is 110 cm³/mol. The summed E-state index contributed by atoms with van der Waals surface area (Å²) in [5.74, 6) is 0.862. The number of carbonyl (C=O) groups excluding carboxylic acids is 2. The molecule has 2 N–H and O–H groups in total. The van der Waals surface area contributed by atoms with Gasteiger partial charge in [0.25, 0.3) is 11.8 Å². The second-order valence-electron chi connectivity index (χ2n) is 6.30. The summed E-state index contributed by atoms with van der Waals surface area (Å²) in [5, 5.41) is 5.49. The van der Waals surface area contributed by atoms with E-state index in [0.29, 0.717) is 30.2 Å². The number of amides is 2. The molecular weight excluding hydrogens is 356 g/mol. The fourth-order valence-corrected chi connectivity index (χ4v) is 2.51. The van der Waals surface area contributed by atoms with E-state index in [4.69, 9.17) is 9.47 Å². The van der Waals surface area contributed by atoms with E-state index in [1.165, 1.54) is 0 Å². The summed E-state index contributed by atoms with van der Waals surface area (Å²) in [4.78, 5) is 23.9. The van der Waals surface area contributed by atoms with Gasteiger partial charge in [0.05, 0.1) is 6.61 Å². The van der Waals surface area contributed by atoms with Gasteiger partial charge in [0.15, 0.2) is 6.61 Å². The highest BCUT2D eigenvalue weighted by Gasteiger charge is 2.08. The Morgan fingerprint density at radius 2 is 1.71 bits per heavy atom. The van der Waals surface area contributed by atoms with Gasteiger partial charge in [0.2, 0.25) is 0 Å². The molecule has 0 radical (unpaired) electrons. The summed E-state index contributed by atoms with van der Waals surface area (Å²) in [7, 11) is 0. The molecule has 2 aromatic rings. The minimum absolute atomic E-state index is 0.0645. The average Bonchev–Trinajstić information content (AvgIpc) is 2.71. The van der Waals surface area contributed by atoms with Gasteiger partial charge in [-0.25, -0.2) is 0 Å². The van der Waals surface area contributed by atoms with E-state index in [1.54, 1.807) is 48.5 Å². The highest BCUT2D eigenvalue weighted by Crippen LogP contribution is 2.19. The van der Waals surface area contributed by atoms with Crippen LogP contribution in [0.15, 0.2) is 48.5 Å². The Balaban J connectivity index is 1.88. The van der Waals surface area contributed by atoms with E-state index >= 15 is 0 Å². The summed E-state index contributed by atoms with van der Waals surface area (Å²) in [6, 6.07) is 14.0. The lowest BCUT2D eigenvalue weighted by Gasteiger charge is -2.10. The lowest BCUT2D eigenvalue weighted by molar-refractivity contribution is -0.122. The molecule has 2 aromatic carbocycles. The highest BCUT2D eigenvalue weighted by molar-refractivity contribution is 6.04. The molecule has 2 rings (SSSR count). The van der Waals surface area contributed by atoms with Crippen LogP contribution in [0.2, 0.25) is 0 Å². The number of carbonyl (C=O) groups is 2. The smallest absolute Gasteiger partial charge is 0.257 e. The molecule has 0 fully saturated rings. The van der Waals surface area contributed by atoms with Gasteiger partial charge in [-0.15, -0.1) is 0 Å². The van der Waals surface area contributed by atoms with Crippen molar-refractivity contribution in [3.8, 4) is 11.5 Å². The van der Waals surface area contributed by atoms with E-state index in [9.17, 15) is 9.59 Å². The first-order valence-electron chi connectivity index (χ1n) is 9.66. The number of ether oxygens (including phenoxy) is 2. The van der Waals surface area contributed by atoms with E-state index in [1.807, 2.05) is 6.92 Å². The van der Waals surface area contributed by atoms with E-state index in [2.05, 4.69) is 17.6 Å². The Bertz CT molecular complexity index is 759. The molecule has 0 aliphatic carbocycles. The Labute approximate surface area is 166 Å². The van der Waals surface area contributed by atoms with Gasteiger partial charge in [-0.1, -0.05) is 25.8 Å². The van der Waals surface area contributed by atoms with Crippen molar-refractivity contribution in [2.75, 3.05) is 25.1 Å². The summed E-state index contributed by atoms with van der Waals surface area (Å²) in [6.45, 7) is 5.17. The van der Waals surface area contributed by atoms with Gasteiger partial charge in [-0.2, -0.15) is 0 Å². The van der Waals surface area contributed by atoms with Crippen molar-refractivity contribution >= 4 is 17.5 Å². The van der Waals surface area contributed by atoms with Crippen molar-refractivity contribution in [1.29, 1.82) is 0 Å². The minimum Gasteiger partial charge on any atom is -0.494 e. The summed E-state index contributed by atoms with van der Waals surface area (Å²) >= 11 is 0. The SMILES string of the molecule is CCCCCOc1ccc(C(=O)Nc2cccc(OCC(=O)NCC)c2)cc1. The maximum absolute atomic E-state index is 12.4. The monoisotopic (exact) mass is 384 g/mol. The third kappa shape index (κ3) is 7.31. The molecule has 0 aromatic heterocycles. The first-order chi connectivity index (χ1) is 13.6. The molecular formula is C22H28N2O4. The van der Waals surface area contributed by atoms with E-state index < -0.39 is 0 Å². The number of rotatable bonds is 11. The molecule has 2 amide bonds. The Morgan fingerprint density at radius 3 is 2.43 bits per heavy atom. The van der Waals surface area contributed by atoms with Crippen molar-refractivity contribution in [2.45, 2.75) is 33.1 Å². The highest BCUT2D eigenvalue weighted by atomic mass is 16.5. The normalized spacial score (nSPS) is 10.2. The van der Waals surface area contributed by atoms with Crippen molar-refractivity contribution in [2.24, 2.45) is 0 Å². The predicted octanol–water partition coefficient (Wildman–Crippen LogP) is 4.02. The van der Waals surface area contributed by atoms with Crippen LogP contribution in [0.1, 0.15) is 43.5 Å². The first kappa shape index (κ1) is 21.3. The lowest BCUT2D eigenvalue weighted by Crippen LogP contribution is -2.28. The molecule has 0 heterocycles. The molecule has 6 heteroatoms. The Morgan fingerprint density at radius 1 is 0.929 bits per heavy atom. The molecule has 0 aliphatic heterocycles. The minimum atomic E-state index is -0.224. The van der Waals surface area contributed by atoms with Gasteiger partial charge in [0.1, 0.15) is 11.5 Å². The third-order valence-corrected chi connectivity index (χ3v) is 3.97. The van der Waals surface area contributed by atoms with Gasteiger partial charge in [-0.3, -0.25) is 9.59 Å². The second kappa shape index (κ2) is 11.6. The summed E-state index contributed by atoms with van der Waals surface area (Å²) in [5.41, 5.74) is 1.13. The van der Waals surface area contributed by atoms with Crippen LogP contribution in [0.4, 0.5) is 5.69 Å². The number of unbranched alkanes of at least 4 members (excludes halogenated alkanes) is 2. The first-order valence-corrected chi connectivity index (χ1v) is 9.66. The average molecular weight is 384 g/mol. The van der Waals surface area contributed by atoms with Gasteiger partial charge in [-0.05, 0) is 49.7 Å². The molecule has 0 unspecified atom stereocenters. The van der Waals surface area contributed by atoms with Crippen LogP contribution in [0.25, 0.3) is 0 Å². The number of hydrogen-bond donors (Lipinski definition) is 2. The maximum Gasteiger partial charge on any atom is 0.257 e. The standard InChI is InChI=1S/C22H28N2O4/c1-3-5-6-14-27-19-12-10-17(11-13-19)22(26)24-18-8-7-9-20(15-18)28-16-21(25)23-4-2/h7-13,15H,3-6,14,16H2,1-2H3,(H,23,25)(H,24,26).